The second kappa shape index (κ2) is 37.6. The summed E-state index contributed by atoms with van der Waals surface area (Å²) in [6.07, 6.45) is 41.0. The first kappa shape index (κ1) is 51.7. The molecule has 0 saturated carbocycles. The number of hydrogen-bond donors (Lipinski definition) is 2. The highest BCUT2D eigenvalue weighted by molar-refractivity contribution is 7.46. The van der Waals surface area contributed by atoms with Crippen molar-refractivity contribution in [2.45, 2.75) is 194 Å². The Balaban J connectivity index is 4.04. The number of ketones is 1. The van der Waals surface area contributed by atoms with Gasteiger partial charge < -0.3 is 19.3 Å². The average Bonchev–Trinajstić information content (AvgIpc) is 3.13. The minimum absolute atomic E-state index is 0.165. The Bertz CT molecular complexity index is 1090. The minimum Gasteiger partial charge on any atom is -0.462 e. The molecule has 0 aromatic heterocycles. The van der Waals surface area contributed by atoms with E-state index in [1.165, 1.54) is 77.0 Å². The van der Waals surface area contributed by atoms with E-state index in [0.717, 1.165) is 57.3 Å². The molecule has 0 aromatic carbocycles. The molecule has 0 aromatic rings. The molecule has 9 nitrogen and oxygen atoms in total. The zero-order valence-electron chi connectivity index (χ0n) is 34.3. The first-order valence-electron chi connectivity index (χ1n) is 21.3. The SMILES string of the molecule is CCCCCC(=O)/C=C/C=C\C/C=C\C/C=C\CCCC(=O)OC[C@H](COP(=O)(O)O)OC(=O)CCCCCCCCCCCCCCCCC(C)CC. The molecule has 1 unspecified atom stereocenters. The van der Waals surface area contributed by atoms with Crippen LogP contribution in [0.5, 0.6) is 0 Å². The van der Waals surface area contributed by atoms with Crippen LogP contribution in [0.25, 0.3) is 0 Å². The highest BCUT2D eigenvalue weighted by atomic mass is 31.2. The molecule has 0 heterocycles. The third-order valence-corrected chi connectivity index (χ3v) is 9.85. The van der Waals surface area contributed by atoms with E-state index in [9.17, 15) is 18.9 Å². The summed E-state index contributed by atoms with van der Waals surface area (Å²) in [6, 6.07) is 0. The molecule has 2 atom stereocenters. The normalized spacial score (nSPS) is 13.4. The lowest BCUT2D eigenvalue weighted by atomic mass is 9.99. The largest absolute Gasteiger partial charge is 0.469 e. The third-order valence-electron chi connectivity index (χ3n) is 9.37. The Morgan fingerprint density at radius 1 is 0.611 bits per heavy atom. The molecule has 0 aliphatic carbocycles. The molecule has 10 heteroatoms. The predicted molar refractivity (Wildman–Crippen MR) is 221 cm³/mol. The molecule has 2 N–H and O–H groups in total. The Labute approximate surface area is 329 Å². The van der Waals surface area contributed by atoms with Crippen LogP contribution >= 0.6 is 7.82 Å². The number of carbonyl (C=O) groups is 3. The van der Waals surface area contributed by atoms with E-state index >= 15 is 0 Å². The number of esters is 2. The zero-order chi connectivity index (χ0) is 40.0. The molecule has 0 amide bonds. The quantitative estimate of drug-likeness (QED) is 0.0157. The van der Waals surface area contributed by atoms with Gasteiger partial charge in [-0.3, -0.25) is 18.9 Å². The Kier molecular flexibility index (Phi) is 36.0. The third kappa shape index (κ3) is 39.4. The molecule has 312 valence electrons. The number of unbranched alkanes of at least 4 members (excludes halogenated alkanes) is 16. The van der Waals surface area contributed by atoms with E-state index in [1.807, 2.05) is 24.3 Å². The van der Waals surface area contributed by atoms with Gasteiger partial charge >= 0.3 is 19.8 Å². The zero-order valence-corrected chi connectivity index (χ0v) is 35.2. The van der Waals surface area contributed by atoms with Gasteiger partial charge in [-0.2, -0.15) is 0 Å². The molecular weight excluding hydrogens is 703 g/mol. The van der Waals surface area contributed by atoms with Crippen LogP contribution in [-0.2, 0) is 32.9 Å². The van der Waals surface area contributed by atoms with Crippen LogP contribution in [0.3, 0.4) is 0 Å². The maximum atomic E-state index is 12.4. The van der Waals surface area contributed by atoms with Gasteiger partial charge in [-0.05, 0) is 50.5 Å². The van der Waals surface area contributed by atoms with Gasteiger partial charge in [0.15, 0.2) is 11.9 Å². The van der Waals surface area contributed by atoms with E-state index in [1.54, 1.807) is 12.2 Å². The van der Waals surface area contributed by atoms with Crippen LogP contribution < -0.4 is 0 Å². The number of allylic oxidation sites excluding steroid dienone is 8. The van der Waals surface area contributed by atoms with Crippen molar-refractivity contribution in [1.29, 1.82) is 0 Å². The van der Waals surface area contributed by atoms with Crippen molar-refractivity contribution in [3.05, 3.63) is 48.6 Å². The van der Waals surface area contributed by atoms with Crippen LogP contribution in [0.4, 0.5) is 0 Å². The molecule has 0 aliphatic rings. The van der Waals surface area contributed by atoms with Crippen molar-refractivity contribution in [1.82, 2.24) is 0 Å². The molecule has 0 aliphatic heterocycles. The Morgan fingerprint density at radius 3 is 1.74 bits per heavy atom. The number of phosphoric acid groups is 1. The van der Waals surface area contributed by atoms with E-state index in [-0.39, 0.29) is 25.2 Å². The number of rotatable bonds is 38. The van der Waals surface area contributed by atoms with Gasteiger partial charge in [-0.25, -0.2) is 4.57 Å². The molecule has 0 bridgehead atoms. The van der Waals surface area contributed by atoms with Gasteiger partial charge in [0.2, 0.25) is 0 Å². The van der Waals surface area contributed by atoms with Crippen molar-refractivity contribution < 1.29 is 42.7 Å². The topological polar surface area (TPSA) is 136 Å². The lowest BCUT2D eigenvalue weighted by molar-refractivity contribution is -0.161. The van der Waals surface area contributed by atoms with E-state index in [2.05, 4.69) is 37.4 Å². The summed E-state index contributed by atoms with van der Waals surface area (Å²) in [5.41, 5.74) is 0. The maximum absolute atomic E-state index is 12.4. The van der Waals surface area contributed by atoms with Gasteiger partial charge in [0.1, 0.15) is 6.61 Å². The standard InChI is InChI=1S/C44H77O9P/c1-4-6-28-34-41(45)35-30-25-21-17-13-11-15-18-22-26-31-36-43(46)51-38-42(39-52-54(48,49)50)53-44(47)37-32-27-23-19-14-10-8-7-9-12-16-20-24-29-33-40(3)5-2/h11,13,18,21-22,25,30,35,40,42H,4-10,12,14-17,19-20,23-24,26-29,31-34,36-39H2,1-3H3,(H2,48,49,50)/b13-11-,22-18-,25-21-,35-30+/t40?,42-/m1/s1. The number of hydrogen-bond acceptors (Lipinski definition) is 7. The smallest absolute Gasteiger partial charge is 0.462 e. The Morgan fingerprint density at radius 2 is 1.15 bits per heavy atom. The fourth-order valence-corrected chi connectivity index (χ4v) is 6.13. The molecule has 54 heavy (non-hydrogen) atoms. The van der Waals surface area contributed by atoms with Gasteiger partial charge in [-0.15, -0.1) is 0 Å². The van der Waals surface area contributed by atoms with Crippen molar-refractivity contribution in [3.8, 4) is 0 Å². The molecule has 0 saturated heterocycles. The average molecular weight is 781 g/mol. The van der Waals surface area contributed by atoms with Crippen LogP contribution in [0.1, 0.15) is 188 Å². The molecular formula is C44H77O9P. The van der Waals surface area contributed by atoms with Gasteiger partial charge in [-0.1, -0.05) is 172 Å². The minimum atomic E-state index is -4.78. The van der Waals surface area contributed by atoms with Crippen molar-refractivity contribution in [2.75, 3.05) is 13.2 Å². The predicted octanol–water partition coefficient (Wildman–Crippen LogP) is 12.2. The van der Waals surface area contributed by atoms with Crippen LogP contribution in [-0.4, -0.2) is 46.8 Å². The summed E-state index contributed by atoms with van der Waals surface area (Å²) in [6.45, 7) is 5.85. The highest BCUT2D eigenvalue weighted by Crippen LogP contribution is 2.36. The summed E-state index contributed by atoms with van der Waals surface area (Å²) in [5.74, 6) is 0.0587. The fourth-order valence-electron chi connectivity index (χ4n) is 5.77. The first-order chi connectivity index (χ1) is 26.1. The lowest BCUT2D eigenvalue weighted by Gasteiger charge is -2.18. The molecule has 0 fully saturated rings. The summed E-state index contributed by atoms with van der Waals surface area (Å²) < 4.78 is 26.3. The summed E-state index contributed by atoms with van der Waals surface area (Å²) in [5, 5.41) is 0. The van der Waals surface area contributed by atoms with Gasteiger partial charge in [0.05, 0.1) is 6.61 Å². The van der Waals surface area contributed by atoms with Crippen LogP contribution in [0.2, 0.25) is 0 Å². The fraction of sp³-hybridized carbons (Fsp3) is 0.750. The second-order valence-electron chi connectivity index (χ2n) is 14.6. The molecule has 0 rings (SSSR count). The summed E-state index contributed by atoms with van der Waals surface area (Å²) in [4.78, 5) is 54.5. The molecule has 0 radical (unpaired) electrons. The first-order valence-corrected chi connectivity index (χ1v) is 22.8. The van der Waals surface area contributed by atoms with Gasteiger partial charge in [0.25, 0.3) is 0 Å². The molecule has 0 spiro atoms. The number of carbonyl (C=O) groups excluding carboxylic acids is 3. The second-order valence-corrected chi connectivity index (χ2v) is 15.8. The Hall–Kier alpha value is -2.32. The summed E-state index contributed by atoms with van der Waals surface area (Å²) >= 11 is 0. The van der Waals surface area contributed by atoms with Crippen LogP contribution in [0, 0.1) is 5.92 Å². The maximum Gasteiger partial charge on any atom is 0.469 e. The summed E-state index contributed by atoms with van der Waals surface area (Å²) in [7, 11) is -4.78. The van der Waals surface area contributed by atoms with Crippen molar-refractivity contribution in [3.63, 3.8) is 0 Å². The van der Waals surface area contributed by atoms with Crippen molar-refractivity contribution in [2.24, 2.45) is 5.92 Å². The number of ether oxygens (including phenoxy) is 2. The van der Waals surface area contributed by atoms with E-state index in [0.29, 0.717) is 25.7 Å². The number of phosphoric ester groups is 1. The van der Waals surface area contributed by atoms with Crippen LogP contribution in [0.15, 0.2) is 48.6 Å². The van der Waals surface area contributed by atoms with Gasteiger partial charge in [0, 0.05) is 19.3 Å². The van der Waals surface area contributed by atoms with Crippen molar-refractivity contribution >= 4 is 25.5 Å². The van der Waals surface area contributed by atoms with E-state index < -0.39 is 32.5 Å². The highest BCUT2D eigenvalue weighted by Gasteiger charge is 2.22. The van der Waals surface area contributed by atoms with E-state index in [4.69, 9.17) is 19.3 Å². The monoisotopic (exact) mass is 781 g/mol. The lowest BCUT2D eigenvalue weighted by Crippen LogP contribution is -2.29.